The van der Waals surface area contributed by atoms with Crippen LogP contribution in [0.3, 0.4) is 0 Å². The smallest absolute Gasteiger partial charge is 0.193 e. The Morgan fingerprint density at radius 2 is 2.00 bits per heavy atom. The van der Waals surface area contributed by atoms with Crippen LogP contribution >= 0.6 is 15.9 Å². The normalized spacial score (nSPS) is 11.4. The molecule has 1 N–H and O–H groups in total. The van der Waals surface area contributed by atoms with Crippen LogP contribution in [0.5, 0.6) is 0 Å². The van der Waals surface area contributed by atoms with Crippen molar-refractivity contribution in [2.45, 2.75) is 19.9 Å². The van der Waals surface area contributed by atoms with E-state index in [1.165, 1.54) is 16.7 Å². The molecule has 1 heterocycles. The number of halogens is 1. The molecule has 0 bridgehead atoms. The number of nitrogens with one attached hydrogen (secondary N) is 1. The molecule has 0 atom stereocenters. The fraction of sp³-hybridized carbons (Fsp3) is 0.333. The molecule has 0 aliphatic carbocycles. The number of aryl methyl sites for hydroxylation is 1. The maximum atomic E-state index is 4.37. The number of guanidine groups is 1. The molecule has 2 rings (SSSR count). The van der Waals surface area contributed by atoms with Crippen LogP contribution in [0.25, 0.3) is 0 Å². The van der Waals surface area contributed by atoms with Gasteiger partial charge in [-0.3, -0.25) is 9.98 Å². The predicted octanol–water partition coefficient (Wildman–Crippen LogP) is 3.40. The first-order chi connectivity index (χ1) is 11.1. The van der Waals surface area contributed by atoms with Crippen molar-refractivity contribution in [3.63, 3.8) is 0 Å². The molecule has 0 saturated carbocycles. The lowest BCUT2D eigenvalue weighted by molar-refractivity contribution is 0.477. The first-order valence-corrected chi connectivity index (χ1v) is 8.45. The molecule has 23 heavy (non-hydrogen) atoms. The quantitative estimate of drug-likeness (QED) is 0.643. The van der Waals surface area contributed by atoms with E-state index in [-0.39, 0.29) is 0 Å². The predicted molar refractivity (Wildman–Crippen MR) is 99.6 cm³/mol. The number of nitrogens with zero attached hydrogens (tertiary/aromatic N) is 3. The molecule has 0 spiro atoms. The highest BCUT2D eigenvalue weighted by molar-refractivity contribution is 9.10. The minimum atomic E-state index is 0.821. The summed E-state index contributed by atoms with van der Waals surface area (Å²) in [4.78, 5) is 10.6. The molecule has 0 radical (unpaired) electrons. The molecule has 0 saturated heterocycles. The zero-order valence-electron chi connectivity index (χ0n) is 13.9. The van der Waals surface area contributed by atoms with Crippen LogP contribution in [0.1, 0.15) is 16.7 Å². The molecule has 5 heteroatoms. The van der Waals surface area contributed by atoms with Crippen molar-refractivity contribution in [1.82, 2.24) is 15.2 Å². The van der Waals surface area contributed by atoms with E-state index in [1.54, 1.807) is 0 Å². The van der Waals surface area contributed by atoms with Crippen molar-refractivity contribution in [2.75, 3.05) is 20.6 Å². The second-order valence-corrected chi connectivity index (χ2v) is 6.42. The summed E-state index contributed by atoms with van der Waals surface area (Å²) < 4.78 is 1.10. The van der Waals surface area contributed by atoms with E-state index < -0.39 is 0 Å². The first kappa shape index (κ1) is 17.5. The number of aliphatic imine (C=N–C) groups is 1. The summed E-state index contributed by atoms with van der Waals surface area (Å²) in [5, 5.41) is 3.42. The topological polar surface area (TPSA) is 40.5 Å². The second kappa shape index (κ2) is 8.67. The van der Waals surface area contributed by atoms with Gasteiger partial charge in [-0.2, -0.15) is 0 Å². The van der Waals surface area contributed by atoms with Crippen molar-refractivity contribution in [2.24, 2.45) is 4.99 Å². The summed E-state index contributed by atoms with van der Waals surface area (Å²) in [5.74, 6) is 0.902. The number of hydrogen-bond donors (Lipinski definition) is 1. The van der Waals surface area contributed by atoms with Gasteiger partial charge in [0.05, 0.1) is 0 Å². The van der Waals surface area contributed by atoms with Crippen LogP contribution in [0.15, 0.2) is 52.2 Å². The largest absolute Gasteiger partial charge is 0.356 e. The third kappa shape index (κ3) is 5.36. The van der Waals surface area contributed by atoms with Crippen LogP contribution in [-0.2, 0) is 13.0 Å². The molecule has 122 valence electrons. The van der Waals surface area contributed by atoms with Crippen LogP contribution in [0.4, 0.5) is 0 Å². The second-order valence-electron chi connectivity index (χ2n) is 5.51. The molecule has 1 aromatic carbocycles. The van der Waals surface area contributed by atoms with Gasteiger partial charge in [0, 0.05) is 44.1 Å². The molecule has 2 aromatic rings. The van der Waals surface area contributed by atoms with Crippen molar-refractivity contribution in [1.29, 1.82) is 0 Å². The lowest BCUT2D eigenvalue weighted by atomic mass is 10.1. The Labute approximate surface area is 146 Å². The molecule has 0 amide bonds. The van der Waals surface area contributed by atoms with E-state index in [2.05, 4.69) is 80.4 Å². The summed E-state index contributed by atoms with van der Waals surface area (Å²) in [6, 6.07) is 10.4. The summed E-state index contributed by atoms with van der Waals surface area (Å²) in [6.07, 6.45) is 4.71. The minimum Gasteiger partial charge on any atom is -0.356 e. The van der Waals surface area contributed by atoms with Gasteiger partial charge in [-0.15, -0.1) is 0 Å². The Hall–Kier alpha value is -1.88. The van der Waals surface area contributed by atoms with E-state index in [9.17, 15) is 0 Å². The number of hydrogen-bond acceptors (Lipinski definition) is 2. The monoisotopic (exact) mass is 374 g/mol. The van der Waals surface area contributed by atoms with Crippen LogP contribution in [0, 0.1) is 6.92 Å². The SMILES string of the molecule is CN=C(NCCc1ccncc1C)N(C)Cc1ccc(Br)cc1. The maximum Gasteiger partial charge on any atom is 0.193 e. The molecular weight excluding hydrogens is 352 g/mol. The summed E-state index contributed by atoms with van der Waals surface area (Å²) >= 11 is 3.46. The molecule has 1 aromatic heterocycles. The zero-order chi connectivity index (χ0) is 16.7. The summed E-state index contributed by atoms with van der Waals surface area (Å²) in [5.41, 5.74) is 3.80. The highest BCUT2D eigenvalue weighted by Gasteiger charge is 2.07. The van der Waals surface area contributed by atoms with Gasteiger partial charge in [0.15, 0.2) is 5.96 Å². The Bertz CT molecular complexity index is 652. The summed E-state index contributed by atoms with van der Waals surface area (Å²) in [6.45, 7) is 3.76. The first-order valence-electron chi connectivity index (χ1n) is 7.66. The Kier molecular flexibility index (Phi) is 6.59. The van der Waals surface area contributed by atoms with Crippen molar-refractivity contribution >= 4 is 21.9 Å². The van der Waals surface area contributed by atoms with E-state index in [1.807, 2.05) is 19.4 Å². The Morgan fingerprint density at radius 1 is 1.26 bits per heavy atom. The molecule has 0 unspecified atom stereocenters. The number of benzene rings is 1. The van der Waals surface area contributed by atoms with Crippen LogP contribution < -0.4 is 5.32 Å². The molecule has 0 aliphatic rings. The third-order valence-corrected chi connectivity index (χ3v) is 4.25. The van der Waals surface area contributed by atoms with Crippen molar-refractivity contribution < 1.29 is 0 Å². The van der Waals surface area contributed by atoms with Crippen LogP contribution in [0.2, 0.25) is 0 Å². The molecule has 0 aliphatic heterocycles. The molecular formula is C18H23BrN4. The van der Waals surface area contributed by atoms with E-state index >= 15 is 0 Å². The van der Waals surface area contributed by atoms with Crippen molar-refractivity contribution in [3.05, 3.63) is 63.9 Å². The fourth-order valence-electron chi connectivity index (χ4n) is 2.41. The van der Waals surface area contributed by atoms with E-state index in [0.29, 0.717) is 0 Å². The van der Waals surface area contributed by atoms with Gasteiger partial charge < -0.3 is 10.2 Å². The van der Waals surface area contributed by atoms with Crippen molar-refractivity contribution in [3.8, 4) is 0 Å². The number of rotatable bonds is 5. The Morgan fingerprint density at radius 3 is 2.65 bits per heavy atom. The van der Waals surface area contributed by atoms with E-state index in [0.717, 1.165) is 29.9 Å². The fourth-order valence-corrected chi connectivity index (χ4v) is 2.68. The zero-order valence-corrected chi connectivity index (χ0v) is 15.5. The highest BCUT2D eigenvalue weighted by Crippen LogP contribution is 2.12. The Balaban J connectivity index is 1.87. The standard InChI is InChI=1S/C18H23BrN4/c1-14-12-21-10-8-16(14)9-11-22-18(20-2)23(3)13-15-4-6-17(19)7-5-15/h4-8,10,12H,9,11,13H2,1-3H3,(H,20,22). The molecule has 0 fully saturated rings. The average molecular weight is 375 g/mol. The van der Waals surface area contributed by atoms with E-state index in [4.69, 9.17) is 0 Å². The maximum absolute atomic E-state index is 4.37. The summed E-state index contributed by atoms with van der Waals surface area (Å²) in [7, 11) is 3.87. The third-order valence-electron chi connectivity index (χ3n) is 3.72. The van der Waals surface area contributed by atoms with Gasteiger partial charge in [-0.25, -0.2) is 0 Å². The number of aromatic nitrogens is 1. The van der Waals surface area contributed by atoms with Gasteiger partial charge in [0.1, 0.15) is 0 Å². The van der Waals surface area contributed by atoms with Gasteiger partial charge in [0.25, 0.3) is 0 Å². The molecule has 4 nitrogen and oxygen atoms in total. The van der Waals surface area contributed by atoms with Gasteiger partial charge in [-0.1, -0.05) is 28.1 Å². The highest BCUT2D eigenvalue weighted by atomic mass is 79.9. The van der Waals surface area contributed by atoms with Gasteiger partial charge >= 0.3 is 0 Å². The lowest BCUT2D eigenvalue weighted by Crippen LogP contribution is -2.39. The average Bonchev–Trinajstić information content (AvgIpc) is 2.55. The van der Waals surface area contributed by atoms with Crippen LogP contribution in [-0.4, -0.2) is 36.5 Å². The van der Waals surface area contributed by atoms with Gasteiger partial charge in [-0.05, 0) is 48.2 Å². The lowest BCUT2D eigenvalue weighted by Gasteiger charge is -2.22. The van der Waals surface area contributed by atoms with Gasteiger partial charge in [0.2, 0.25) is 0 Å². The minimum absolute atomic E-state index is 0.821. The number of pyridine rings is 1.